The zero-order chi connectivity index (χ0) is 7.56. The van der Waals surface area contributed by atoms with Gasteiger partial charge in [0.1, 0.15) is 0 Å². The molecule has 0 bridgehead atoms. The second-order valence-corrected chi connectivity index (χ2v) is 3.30. The summed E-state index contributed by atoms with van der Waals surface area (Å²) in [6, 6.07) is 0. The van der Waals surface area contributed by atoms with Crippen LogP contribution in [-0.4, -0.2) is 6.54 Å². The first-order valence-electron chi connectivity index (χ1n) is 4.15. The van der Waals surface area contributed by atoms with Crippen LogP contribution in [-0.2, 0) is 0 Å². The van der Waals surface area contributed by atoms with Gasteiger partial charge in [0, 0.05) is 0 Å². The number of rotatable bonds is 2. The van der Waals surface area contributed by atoms with Crippen molar-refractivity contribution in [2.75, 3.05) is 6.54 Å². The van der Waals surface area contributed by atoms with E-state index in [1.165, 1.54) is 24.8 Å². The summed E-state index contributed by atoms with van der Waals surface area (Å²) in [5.74, 6) is 1.51. The predicted octanol–water partition coefficient (Wildman–Crippen LogP) is 1.94. The van der Waals surface area contributed by atoms with Crippen LogP contribution in [0.25, 0.3) is 0 Å². The van der Waals surface area contributed by atoms with Crippen molar-refractivity contribution in [2.45, 2.75) is 26.2 Å². The van der Waals surface area contributed by atoms with E-state index in [2.05, 4.69) is 13.5 Å². The molecular weight excluding hydrogens is 122 g/mol. The van der Waals surface area contributed by atoms with Crippen molar-refractivity contribution in [1.82, 2.24) is 0 Å². The van der Waals surface area contributed by atoms with E-state index >= 15 is 0 Å². The molecule has 0 aromatic carbocycles. The molecule has 1 aliphatic carbocycles. The summed E-state index contributed by atoms with van der Waals surface area (Å²) in [6.07, 6.45) is 3.70. The lowest BCUT2D eigenvalue weighted by atomic mass is 10.0. The Bertz CT molecular complexity index is 129. The van der Waals surface area contributed by atoms with Gasteiger partial charge in [-0.2, -0.15) is 0 Å². The molecule has 1 saturated carbocycles. The summed E-state index contributed by atoms with van der Waals surface area (Å²) in [6.45, 7) is 7.12. The maximum atomic E-state index is 5.57. The zero-order valence-corrected chi connectivity index (χ0v) is 6.77. The topological polar surface area (TPSA) is 26.0 Å². The van der Waals surface area contributed by atoms with E-state index < -0.39 is 0 Å². The van der Waals surface area contributed by atoms with Crippen molar-refractivity contribution < 1.29 is 0 Å². The summed E-state index contributed by atoms with van der Waals surface area (Å²) in [4.78, 5) is 0. The SMILES string of the molecule is C=C1CC(CN)CC1CC. The molecule has 1 fully saturated rings. The number of hydrogen-bond acceptors (Lipinski definition) is 1. The van der Waals surface area contributed by atoms with Gasteiger partial charge in [-0.1, -0.05) is 19.1 Å². The molecule has 2 atom stereocenters. The van der Waals surface area contributed by atoms with Crippen LogP contribution in [0.2, 0.25) is 0 Å². The summed E-state index contributed by atoms with van der Waals surface area (Å²) in [5.41, 5.74) is 7.00. The van der Waals surface area contributed by atoms with Crippen LogP contribution < -0.4 is 5.73 Å². The second-order valence-electron chi connectivity index (χ2n) is 3.30. The molecule has 0 aromatic heterocycles. The van der Waals surface area contributed by atoms with E-state index in [4.69, 9.17) is 5.73 Å². The molecule has 10 heavy (non-hydrogen) atoms. The van der Waals surface area contributed by atoms with E-state index in [-0.39, 0.29) is 0 Å². The summed E-state index contributed by atoms with van der Waals surface area (Å²) in [5, 5.41) is 0. The van der Waals surface area contributed by atoms with Crippen LogP contribution in [0.15, 0.2) is 12.2 Å². The highest BCUT2D eigenvalue weighted by Gasteiger charge is 2.24. The smallest absolute Gasteiger partial charge is 0.00456 e. The van der Waals surface area contributed by atoms with Crippen molar-refractivity contribution in [3.63, 3.8) is 0 Å². The standard InChI is InChI=1S/C9H17N/c1-3-9-5-8(6-10)4-7(9)2/h8-9H,2-6,10H2,1H3. The van der Waals surface area contributed by atoms with E-state index in [0.717, 1.165) is 18.4 Å². The van der Waals surface area contributed by atoms with Crippen LogP contribution in [0.5, 0.6) is 0 Å². The first kappa shape index (κ1) is 7.80. The third-order valence-electron chi connectivity index (χ3n) is 2.57. The molecule has 0 heterocycles. The highest BCUT2D eigenvalue weighted by molar-refractivity contribution is 5.08. The Morgan fingerprint density at radius 3 is 2.70 bits per heavy atom. The molecule has 0 spiro atoms. The minimum Gasteiger partial charge on any atom is -0.330 e. The molecule has 0 aromatic rings. The molecule has 0 amide bonds. The molecule has 2 unspecified atom stereocenters. The van der Waals surface area contributed by atoms with Gasteiger partial charge < -0.3 is 5.73 Å². The molecule has 2 N–H and O–H groups in total. The van der Waals surface area contributed by atoms with Gasteiger partial charge >= 0.3 is 0 Å². The fourth-order valence-electron chi connectivity index (χ4n) is 1.82. The van der Waals surface area contributed by atoms with Crippen LogP contribution in [0.4, 0.5) is 0 Å². The van der Waals surface area contributed by atoms with Crippen LogP contribution in [0.1, 0.15) is 26.2 Å². The van der Waals surface area contributed by atoms with Gasteiger partial charge in [-0.05, 0) is 37.6 Å². The Balaban J connectivity index is 2.44. The molecule has 1 nitrogen and oxygen atoms in total. The van der Waals surface area contributed by atoms with Crippen molar-refractivity contribution >= 4 is 0 Å². The summed E-state index contributed by atoms with van der Waals surface area (Å²) in [7, 11) is 0. The van der Waals surface area contributed by atoms with Crippen molar-refractivity contribution in [1.29, 1.82) is 0 Å². The number of allylic oxidation sites excluding steroid dienone is 1. The van der Waals surface area contributed by atoms with E-state index in [9.17, 15) is 0 Å². The maximum absolute atomic E-state index is 5.57. The largest absolute Gasteiger partial charge is 0.330 e. The lowest BCUT2D eigenvalue weighted by Crippen LogP contribution is -2.10. The van der Waals surface area contributed by atoms with Gasteiger partial charge in [0.25, 0.3) is 0 Å². The molecule has 1 rings (SSSR count). The van der Waals surface area contributed by atoms with Crippen LogP contribution in [0.3, 0.4) is 0 Å². The minimum absolute atomic E-state index is 0.734. The van der Waals surface area contributed by atoms with Gasteiger partial charge in [-0.3, -0.25) is 0 Å². The van der Waals surface area contributed by atoms with Gasteiger partial charge in [-0.15, -0.1) is 0 Å². The molecule has 0 radical (unpaired) electrons. The highest BCUT2D eigenvalue weighted by atomic mass is 14.6. The quantitative estimate of drug-likeness (QED) is 0.581. The van der Waals surface area contributed by atoms with Crippen molar-refractivity contribution in [3.8, 4) is 0 Å². The van der Waals surface area contributed by atoms with E-state index in [1.807, 2.05) is 0 Å². The Labute approximate surface area is 63.3 Å². The molecule has 0 saturated heterocycles. The second kappa shape index (κ2) is 3.20. The number of nitrogens with two attached hydrogens (primary N) is 1. The maximum Gasteiger partial charge on any atom is -0.00456 e. The lowest BCUT2D eigenvalue weighted by molar-refractivity contribution is 0.500. The van der Waals surface area contributed by atoms with Crippen LogP contribution in [0, 0.1) is 11.8 Å². The summed E-state index contributed by atoms with van der Waals surface area (Å²) >= 11 is 0. The van der Waals surface area contributed by atoms with Gasteiger partial charge in [0.2, 0.25) is 0 Å². The molecule has 58 valence electrons. The molecule has 1 aliphatic rings. The first-order valence-corrected chi connectivity index (χ1v) is 4.15. The van der Waals surface area contributed by atoms with Crippen LogP contribution >= 0.6 is 0 Å². The van der Waals surface area contributed by atoms with Gasteiger partial charge in [0.05, 0.1) is 0 Å². The van der Waals surface area contributed by atoms with E-state index in [0.29, 0.717) is 0 Å². The van der Waals surface area contributed by atoms with E-state index in [1.54, 1.807) is 0 Å². The third kappa shape index (κ3) is 1.40. The Morgan fingerprint density at radius 1 is 1.70 bits per heavy atom. The first-order chi connectivity index (χ1) is 4.77. The summed E-state index contributed by atoms with van der Waals surface area (Å²) < 4.78 is 0. The molecular formula is C9H17N. The Kier molecular flexibility index (Phi) is 2.50. The number of hydrogen-bond donors (Lipinski definition) is 1. The normalized spacial score (nSPS) is 33.2. The zero-order valence-electron chi connectivity index (χ0n) is 6.77. The lowest BCUT2D eigenvalue weighted by Gasteiger charge is -2.05. The average molecular weight is 139 g/mol. The Hall–Kier alpha value is -0.300. The van der Waals surface area contributed by atoms with Crippen molar-refractivity contribution in [2.24, 2.45) is 17.6 Å². The fourth-order valence-corrected chi connectivity index (χ4v) is 1.82. The average Bonchev–Trinajstić information content (AvgIpc) is 2.30. The minimum atomic E-state index is 0.734. The van der Waals surface area contributed by atoms with Crippen molar-refractivity contribution in [3.05, 3.63) is 12.2 Å². The Morgan fingerprint density at radius 2 is 2.40 bits per heavy atom. The predicted molar refractivity (Wildman–Crippen MR) is 44.7 cm³/mol. The highest BCUT2D eigenvalue weighted by Crippen LogP contribution is 2.35. The van der Waals surface area contributed by atoms with Gasteiger partial charge in [0.15, 0.2) is 0 Å². The van der Waals surface area contributed by atoms with Gasteiger partial charge in [-0.25, -0.2) is 0 Å². The monoisotopic (exact) mass is 139 g/mol. The molecule has 0 aliphatic heterocycles. The fraction of sp³-hybridized carbons (Fsp3) is 0.778. The molecule has 1 heteroatoms. The third-order valence-corrected chi connectivity index (χ3v) is 2.57.